The van der Waals surface area contributed by atoms with Crippen LogP contribution in [0.15, 0.2) is 24.3 Å². The second-order valence-electron chi connectivity index (χ2n) is 5.17. The normalized spacial score (nSPS) is 18.2. The summed E-state index contributed by atoms with van der Waals surface area (Å²) in [6.45, 7) is 6.48. The van der Waals surface area contributed by atoms with Crippen LogP contribution in [0, 0.1) is 5.92 Å². The van der Waals surface area contributed by atoms with E-state index in [-0.39, 0.29) is 11.8 Å². The number of rotatable bonds is 3. The van der Waals surface area contributed by atoms with Gasteiger partial charge in [0.2, 0.25) is 0 Å². The Morgan fingerprint density at radius 3 is 2.39 bits per heavy atom. The average molecular weight is 282 g/mol. The molecule has 1 unspecified atom stereocenters. The highest BCUT2D eigenvalue weighted by Gasteiger charge is 2.37. The zero-order valence-corrected chi connectivity index (χ0v) is 12.3. The van der Waals surface area contributed by atoms with Crippen molar-refractivity contribution in [1.82, 2.24) is 4.90 Å². The lowest BCUT2D eigenvalue weighted by Crippen LogP contribution is -2.43. The highest BCUT2D eigenvalue weighted by molar-refractivity contribution is 7.80. The molecule has 0 aliphatic carbocycles. The van der Waals surface area contributed by atoms with E-state index >= 15 is 0 Å². The second-order valence-corrected chi connectivity index (χ2v) is 6.42. The van der Waals surface area contributed by atoms with Crippen molar-refractivity contribution in [2.24, 2.45) is 5.92 Å². The van der Waals surface area contributed by atoms with Gasteiger partial charge in [0, 0.05) is 12.1 Å². The molecule has 0 N–H and O–H groups in total. The Bertz CT molecular complexity index is 475. The predicted molar refractivity (Wildman–Crippen MR) is 78.3 cm³/mol. The first-order valence-electron chi connectivity index (χ1n) is 5.98. The van der Waals surface area contributed by atoms with Crippen LogP contribution in [0.5, 0.6) is 0 Å². The highest BCUT2D eigenvalue weighted by atomic mass is 35.5. The lowest BCUT2D eigenvalue weighted by molar-refractivity contribution is 0.0846. The van der Waals surface area contributed by atoms with Gasteiger partial charge in [-0.05, 0) is 18.9 Å². The standard InChI is InChI=1S/C14H16ClNOS/c1-9(2)14(3,15)8-16-12(17)10-6-4-5-7-11(10)13(16)18/h4-7,9H,8H2,1-3H3. The smallest absolute Gasteiger partial charge is 0.259 e. The number of nitrogens with zero attached hydrogens (tertiary/aromatic N) is 1. The van der Waals surface area contributed by atoms with Crippen LogP contribution >= 0.6 is 23.8 Å². The van der Waals surface area contributed by atoms with E-state index in [9.17, 15) is 4.79 Å². The van der Waals surface area contributed by atoms with Gasteiger partial charge in [-0.3, -0.25) is 9.69 Å². The molecule has 0 saturated heterocycles. The van der Waals surface area contributed by atoms with Gasteiger partial charge < -0.3 is 0 Å². The molecule has 2 nitrogen and oxygen atoms in total. The Kier molecular flexibility index (Phi) is 3.47. The maximum absolute atomic E-state index is 12.3. The van der Waals surface area contributed by atoms with Gasteiger partial charge in [-0.1, -0.05) is 44.3 Å². The van der Waals surface area contributed by atoms with E-state index in [0.717, 1.165) is 5.56 Å². The van der Waals surface area contributed by atoms with E-state index in [0.29, 0.717) is 17.1 Å². The fourth-order valence-corrected chi connectivity index (χ4v) is 2.32. The minimum absolute atomic E-state index is 0.0388. The average Bonchev–Trinajstić information content (AvgIpc) is 2.55. The maximum Gasteiger partial charge on any atom is 0.259 e. The molecule has 1 heterocycles. The van der Waals surface area contributed by atoms with E-state index < -0.39 is 4.87 Å². The molecule has 18 heavy (non-hydrogen) atoms. The number of benzene rings is 1. The Morgan fingerprint density at radius 1 is 1.33 bits per heavy atom. The molecule has 0 saturated carbocycles. The van der Waals surface area contributed by atoms with E-state index in [4.69, 9.17) is 23.8 Å². The van der Waals surface area contributed by atoms with Crippen molar-refractivity contribution < 1.29 is 4.79 Å². The van der Waals surface area contributed by atoms with Gasteiger partial charge in [0.25, 0.3) is 5.91 Å². The molecule has 1 amide bonds. The number of carbonyl (C=O) groups excluding carboxylic acids is 1. The number of amides is 1. The van der Waals surface area contributed by atoms with Crippen LogP contribution in [0.4, 0.5) is 0 Å². The molecular formula is C14H16ClNOS. The first-order chi connectivity index (χ1) is 8.34. The summed E-state index contributed by atoms with van der Waals surface area (Å²) in [5.74, 6) is 0.224. The number of thiocarbonyl (C=S) groups is 1. The number of carbonyl (C=O) groups is 1. The molecule has 1 aliphatic rings. The Balaban J connectivity index is 2.30. The van der Waals surface area contributed by atoms with Gasteiger partial charge in [-0.25, -0.2) is 0 Å². The fourth-order valence-electron chi connectivity index (χ4n) is 1.87. The first kappa shape index (κ1) is 13.5. The number of fused-ring (bicyclic) bond motifs is 1. The molecule has 0 aromatic heterocycles. The summed E-state index contributed by atoms with van der Waals surface area (Å²) in [5, 5.41) is 0. The molecule has 0 spiro atoms. The van der Waals surface area contributed by atoms with Gasteiger partial charge in [0.1, 0.15) is 4.99 Å². The molecule has 1 aliphatic heterocycles. The zero-order chi connectivity index (χ0) is 13.5. The summed E-state index contributed by atoms with van der Waals surface area (Å²) < 4.78 is 0. The van der Waals surface area contributed by atoms with Crippen LogP contribution < -0.4 is 0 Å². The Labute approximate surface area is 118 Å². The predicted octanol–water partition coefficient (Wildman–Crippen LogP) is 3.47. The molecule has 0 bridgehead atoms. The minimum atomic E-state index is -0.470. The monoisotopic (exact) mass is 281 g/mol. The van der Waals surface area contributed by atoms with Gasteiger partial charge in [0.15, 0.2) is 0 Å². The van der Waals surface area contributed by atoms with E-state index in [1.165, 1.54) is 0 Å². The molecule has 0 fully saturated rings. The fraction of sp³-hybridized carbons (Fsp3) is 0.429. The third kappa shape index (κ3) is 2.17. The third-order valence-corrected chi connectivity index (χ3v) is 4.55. The van der Waals surface area contributed by atoms with Crippen molar-refractivity contribution in [1.29, 1.82) is 0 Å². The minimum Gasteiger partial charge on any atom is -0.297 e. The lowest BCUT2D eigenvalue weighted by Gasteiger charge is -2.31. The van der Waals surface area contributed by atoms with Crippen LogP contribution in [0.1, 0.15) is 36.7 Å². The van der Waals surface area contributed by atoms with Crippen molar-refractivity contribution in [2.45, 2.75) is 25.6 Å². The van der Waals surface area contributed by atoms with Crippen LogP contribution in [0.3, 0.4) is 0 Å². The maximum atomic E-state index is 12.3. The quantitative estimate of drug-likeness (QED) is 0.625. The number of hydrogen-bond acceptors (Lipinski definition) is 2. The van der Waals surface area contributed by atoms with Crippen molar-refractivity contribution in [3.05, 3.63) is 35.4 Å². The lowest BCUT2D eigenvalue weighted by atomic mass is 9.96. The van der Waals surface area contributed by atoms with E-state index in [1.54, 1.807) is 4.90 Å². The zero-order valence-electron chi connectivity index (χ0n) is 10.7. The van der Waals surface area contributed by atoms with Crippen molar-refractivity contribution >= 4 is 34.7 Å². The van der Waals surface area contributed by atoms with Gasteiger partial charge in [-0.15, -0.1) is 11.6 Å². The molecule has 1 atom stereocenters. The summed E-state index contributed by atoms with van der Waals surface area (Å²) in [4.78, 5) is 14.0. The molecule has 96 valence electrons. The van der Waals surface area contributed by atoms with Crippen LogP contribution in [-0.2, 0) is 0 Å². The highest BCUT2D eigenvalue weighted by Crippen LogP contribution is 2.30. The molecule has 1 aromatic carbocycles. The number of alkyl halides is 1. The summed E-state index contributed by atoms with van der Waals surface area (Å²) >= 11 is 11.8. The molecular weight excluding hydrogens is 266 g/mol. The topological polar surface area (TPSA) is 20.3 Å². The summed E-state index contributed by atoms with van der Waals surface area (Å²) in [6, 6.07) is 7.44. The third-order valence-electron chi connectivity index (χ3n) is 3.55. The van der Waals surface area contributed by atoms with Gasteiger partial charge in [0.05, 0.1) is 10.4 Å². The van der Waals surface area contributed by atoms with Crippen LogP contribution in [0.2, 0.25) is 0 Å². The first-order valence-corrected chi connectivity index (χ1v) is 6.77. The summed E-state index contributed by atoms with van der Waals surface area (Å²) in [6.07, 6.45) is 0. The Hall–Kier alpha value is -0.930. The van der Waals surface area contributed by atoms with Gasteiger partial charge >= 0.3 is 0 Å². The molecule has 0 radical (unpaired) electrons. The summed E-state index contributed by atoms with van der Waals surface area (Å²) in [7, 11) is 0. The van der Waals surface area contributed by atoms with E-state index in [2.05, 4.69) is 0 Å². The van der Waals surface area contributed by atoms with Crippen LogP contribution in [-0.4, -0.2) is 27.2 Å². The van der Waals surface area contributed by atoms with Gasteiger partial charge in [-0.2, -0.15) is 0 Å². The number of halogens is 1. The van der Waals surface area contributed by atoms with E-state index in [1.807, 2.05) is 45.0 Å². The van der Waals surface area contributed by atoms with Crippen LogP contribution in [0.25, 0.3) is 0 Å². The van der Waals surface area contributed by atoms with Crippen molar-refractivity contribution in [3.63, 3.8) is 0 Å². The van der Waals surface area contributed by atoms with Crippen molar-refractivity contribution in [2.75, 3.05) is 6.54 Å². The largest absolute Gasteiger partial charge is 0.297 e. The molecule has 2 rings (SSSR count). The molecule has 4 heteroatoms. The summed E-state index contributed by atoms with van der Waals surface area (Å²) in [5.41, 5.74) is 1.52. The number of hydrogen-bond donors (Lipinski definition) is 0. The second kappa shape index (κ2) is 4.63. The Morgan fingerprint density at radius 2 is 1.89 bits per heavy atom. The SMILES string of the molecule is CC(C)C(C)(Cl)CN1C(=O)c2ccccc2C1=S. The molecule has 1 aromatic rings. The van der Waals surface area contributed by atoms with Crippen molar-refractivity contribution in [3.8, 4) is 0 Å².